The number of pyridine rings is 1. The highest BCUT2D eigenvalue weighted by atomic mass is 32.2. The summed E-state index contributed by atoms with van der Waals surface area (Å²) >= 11 is 0. The Morgan fingerprint density at radius 2 is 2.17 bits per heavy atom. The number of carbonyl (C=O) groups is 1. The second-order valence-corrected chi connectivity index (χ2v) is 6.02. The van der Waals surface area contributed by atoms with Gasteiger partial charge in [0.15, 0.2) is 0 Å². The molecule has 0 unspecified atom stereocenters. The molecule has 1 heterocycles. The molecule has 0 spiro atoms. The van der Waals surface area contributed by atoms with Crippen LogP contribution in [0, 0.1) is 11.2 Å². The van der Waals surface area contributed by atoms with Crippen molar-refractivity contribution < 1.29 is 22.7 Å². The van der Waals surface area contributed by atoms with Gasteiger partial charge in [-0.15, -0.1) is 0 Å². The highest BCUT2D eigenvalue weighted by molar-refractivity contribution is 7.89. The van der Waals surface area contributed by atoms with Crippen LogP contribution < -0.4 is 4.72 Å². The molecule has 6 nitrogen and oxygen atoms in total. The lowest BCUT2D eigenvalue weighted by atomic mass is 10.1. The Kier molecular flexibility index (Phi) is 3.07. The molecule has 0 saturated heterocycles. The van der Waals surface area contributed by atoms with E-state index in [9.17, 15) is 17.6 Å². The summed E-state index contributed by atoms with van der Waals surface area (Å²) in [6, 6.07) is 0.829. The molecular weight excluding hydrogens is 263 g/mol. The van der Waals surface area contributed by atoms with Crippen molar-refractivity contribution in [2.45, 2.75) is 17.7 Å². The zero-order valence-corrected chi connectivity index (χ0v) is 10.1. The average molecular weight is 274 g/mol. The lowest BCUT2D eigenvalue weighted by molar-refractivity contribution is -0.143. The summed E-state index contributed by atoms with van der Waals surface area (Å²) in [7, 11) is -3.93. The first-order valence-corrected chi connectivity index (χ1v) is 6.68. The maximum Gasteiger partial charge on any atom is 0.310 e. The maximum atomic E-state index is 12.9. The summed E-state index contributed by atoms with van der Waals surface area (Å²) in [4.78, 5) is 14.0. The first-order chi connectivity index (χ1) is 8.36. The topological polar surface area (TPSA) is 96.4 Å². The number of aliphatic carboxylic acids is 1. The van der Waals surface area contributed by atoms with E-state index in [0.29, 0.717) is 12.8 Å². The third kappa shape index (κ3) is 2.49. The molecule has 0 radical (unpaired) electrons. The van der Waals surface area contributed by atoms with Crippen molar-refractivity contribution in [1.82, 2.24) is 9.71 Å². The highest BCUT2D eigenvalue weighted by Crippen LogP contribution is 2.45. The van der Waals surface area contributed by atoms with E-state index in [4.69, 9.17) is 5.11 Å². The summed E-state index contributed by atoms with van der Waals surface area (Å²) in [6.45, 7) is -0.193. The molecule has 1 aliphatic carbocycles. The van der Waals surface area contributed by atoms with Crippen LogP contribution in [-0.2, 0) is 14.8 Å². The van der Waals surface area contributed by atoms with Crippen LogP contribution in [-0.4, -0.2) is 31.0 Å². The minimum absolute atomic E-state index is 0.193. The third-order valence-electron chi connectivity index (χ3n) is 2.90. The minimum atomic E-state index is -3.93. The van der Waals surface area contributed by atoms with Gasteiger partial charge in [-0.2, -0.15) is 0 Å². The number of hydrogen-bond acceptors (Lipinski definition) is 4. The van der Waals surface area contributed by atoms with Gasteiger partial charge in [-0.1, -0.05) is 0 Å². The van der Waals surface area contributed by atoms with Crippen molar-refractivity contribution in [3.05, 3.63) is 24.3 Å². The van der Waals surface area contributed by atoms with Gasteiger partial charge in [-0.3, -0.25) is 9.78 Å². The van der Waals surface area contributed by atoms with Gasteiger partial charge >= 0.3 is 5.97 Å². The van der Waals surface area contributed by atoms with E-state index in [-0.39, 0.29) is 11.4 Å². The molecule has 18 heavy (non-hydrogen) atoms. The van der Waals surface area contributed by atoms with E-state index in [1.807, 2.05) is 0 Å². The lowest BCUT2D eigenvalue weighted by Crippen LogP contribution is -2.34. The van der Waals surface area contributed by atoms with Crippen LogP contribution in [0.25, 0.3) is 0 Å². The van der Waals surface area contributed by atoms with Gasteiger partial charge in [0.05, 0.1) is 11.6 Å². The van der Waals surface area contributed by atoms with Gasteiger partial charge in [-0.05, 0) is 18.9 Å². The standard InChI is InChI=1S/C10H11FN2O4S/c11-7-3-8(5-12-4-7)18(16,17)13-6-10(1-2-10)9(14)15/h3-5,13H,1-2,6H2,(H,14,15). The number of aromatic nitrogens is 1. The van der Waals surface area contributed by atoms with Crippen molar-refractivity contribution in [2.24, 2.45) is 5.41 Å². The van der Waals surface area contributed by atoms with Crippen LogP contribution in [0.5, 0.6) is 0 Å². The summed E-state index contributed by atoms with van der Waals surface area (Å²) < 4.78 is 38.6. The summed E-state index contributed by atoms with van der Waals surface area (Å²) in [5.41, 5.74) is -1.01. The van der Waals surface area contributed by atoms with Crippen molar-refractivity contribution in [2.75, 3.05) is 6.54 Å². The van der Waals surface area contributed by atoms with Crippen molar-refractivity contribution >= 4 is 16.0 Å². The Morgan fingerprint density at radius 3 is 2.67 bits per heavy atom. The zero-order chi connectivity index (χ0) is 13.4. The number of sulfonamides is 1. The Hall–Kier alpha value is -1.54. The Bertz CT molecular complexity index is 583. The van der Waals surface area contributed by atoms with Crippen LogP contribution in [0.15, 0.2) is 23.4 Å². The van der Waals surface area contributed by atoms with Gasteiger partial charge in [0, 0.05) is 12.7 Å². The van der Waals surface area contributed by atoms with Crippen molar-refractivity contribution in [3.8, 4) is 0 Å². The van der Waals surface area contributed by atoms with Crippen molar-refractivity contribution in [3.63, 3.8) is 0 Å². The van der Waals surface area contributed by atoms with Crippen LogP contribution >= 0.6 is 0 Å². The third-order valence-corrected chi connectivity index (χ3v) is 4.27. The van der Waals surface area contributed by atoms with Crippen LogP contribution in [0.2, 0.25) is 0 Å². The first kappa shape index (κ1) is 12.9. The monoisotopic (exact) mass is 274 g/mol. The number of hydrogen-bond donors (Lipinski definition) is 2. The molecule has 0 bridgehead atoms. The second kappa shape index (κ2) is 4.29. The Morgan fingerprint density at radius 1 is 1.50 bits per heavy atom. The van der Waals surface area contributed by atoms with Crippen molar-refractivity contribution in [1.29, 1.82) is 0 Å². The summed E-state index contributed by atoms with van der Waals surface area (Å²) in [5.74, 6) is -1.79. The van der Waals surface area contributed by atoms with E-state index in [2.05, 4.69) is 9.71 Å². The van der Waals surface area contributed by atoms with E-state index in [1.165, 1.54) is 0 Å². The maximum absolute atomic E-state index is 12.9. The van der Waals surface area contributed by atoms with Gasteiger partial charge in [-0.25, -0.2) is 17.5 Å². The highest BCUT2D eigenvalue weighted by Gasteiger charge is 2.50. The first-order valence-electron chi connectivity index (χ1n) is 5.19. The van der Waals surface area contributed by atoms with E-state index in [1.54, 1.807) is 0 Å². The summed E-state index contributed by atoms with van der Waals surface area (Å²) in [5, 5.41) is 8.91. The number of carboxylic acid groups (broad SMARTS) is 1. The molecule has 1 aromatic rings. The molecule has 0 aromatic carbocycles. The molecule has 1 saturated carbocycles. The SMILES string of the molecule is O=C(O)C1(CNS(=O)(=O)c2cncc(F)c2)CC1. The van der Waals surface area contributed by atoms with Crippen LogP contribution in [0.1, 0.15) is 12.8 Å². The smallest absolute Gasteiger partial charge is 0.310 e. The van der Waals surface area contributed by atoms with E-state index in [0.717, 1.165) is 18.5 Å². The predicted molar refractivity (Wildman–Crippen MR) is 58.7 cm³/mol. The van der Waals surface area contributed by atoms with Gasteiger partial charge in [0.25, 0.3) is 0 Å². The number of carboxylic acids is 1. The largest absolute Gasteiger partial charge is 0.481 e. The molecule has 8 heteroatoms. The fourth-order valence-corrected chi connectivity index (χ4v) is 2.57. The van der Waals surface area contributed by atoms with Crippen LogP contribution in [0.3, 0.4) is 0 Å². The molecule has 2 rings (SSSR count). The predicted octanol–water partition coefficient (Wildman–Crippen LogP) is 0.364. The molecule has 1 fully saturated rings. The minimum Gasteiger partial charge on any atom is -0.481 e. The van der Waals surface area contributed by atoms with Gasteiger partial charge < -0.3 is 5.11 Å². The second-order valence-electron chi connectivity index (χ2n) is 4.25. The van der Waals surface area contributed by atoms with Gasteiger partial charge in [0.1, 0.15) is 10.7 Å². The fraction of sp³-hybridized carbons (Fsp3) is 0.400. The number of nitrogens with zero attached hydrogens (tertiary/aromatic N) is 1. The number of rotatable bonds is 5. The summed E-state index contributed by atoms with van der Waals surface area (Å²) in [6.07, 6.45) is 2.77. The van der Waals surface area contributed by atoms with Gasteiger partial charge in [0.2, 0.25) is 10.0 Å². The Balaban J connectivity index is 2.11. The molecule has 0 aliphatic heterocycles. The number of halogens is 1. The normalized spacial score (nSPS) is 17.4. The zero-order valence-electron chi connectivity index (χ0n) is 9.26. The van der Waals surface area contributed by atoms with Crippen LogP contribution in [0.4, 0.5) is 4.39 Å². The Labute approximate surface area is 103 Å². The molecule has 0 atom stereocenters. The quantitative estimate of drug-likeness (QED) is 0.808. The number of nitrogens with one attached hydrogen (secondary N) is 1. The average Bonchev–Trinajstić information content (AvgIpc) is 3.07. The van der Waals surface area contributed by atoms with E-state index < -0.39 is 27.2 Å². The molecule has 2 N–H and O–H groups in total. The molecule has 0 amide bonds. The fourth-order valence-electron chi connectivity index (χ4n) is 1.47. The molecule has 98 valence electrons. The van der Waals surface area contributed by atoms with E-state index >= 15 is 0 Å². The molecule has 1 aliphatic rings. The molecule has 1 aromatic heterocycles. The molecular formula is C10H11FN2O4S. The lowest BCUT2D eigenvalue weighted by Gasteiger charge is -2.11.